The minimum Gasteiger partial charge on any atom is -0.487 e. The molecular formula is C17H25FN2O3. The summed E-state index contributed by atoms with van der Waals surface area (Å²) < 4.78 is 24.9. The summed E-state index contributed by atoms with van der Waals surface area (Å²) >= 11 is 0. The number of hydrogen-bond acceptors (Lipinski definition) is 5. The van der Waals surface area contributed by atoms with Crippen LogP contribution < -0.4 is 10.5 Å². The van der Waals surface area contributed by atoms with E-state index in [9.17, 15) is 9.18 Å². The van der Waals surface area contributed by atoms with E-state index in [0.717, 1.165) is 12.8 Å². The second-order valence-corrected chi connectivity index (χ2v) is 6.84. The lowest BCUT2D eigenvalue weighted by molar-refractivity contribution is -0.156. The van der Waals surface area contributed by atoms with Crippen molar-refractivity contribution in [1.82, 2.24) is 4.90 Å². The van der Waals surface area contributed by atoms with Crippen molar-refractivity contribution in [1.29, 1.82) is 0 Å². The summed E-state index contributed by atoms with van der Waals surface area (Å²) in [6.45, 7) is 7.26. The zero-order valence-electron chi connectivity index (χ0n) is 14.0. The Kier molecular flexibility index (Phi) is 5.46. The largest absolute Gasteiger partial charge is 0.487 e. The molecule has 0 bridgehead atoms. The molecule has 2 rings (SSSR count). The van der Waals surface area contributed by atoms with Gasteiger partial charge in [0.05, 0.1) is 12.2 Å². The summed E-state index contributed by atoms with van der Waals surface area (Å²) in [5, 5.41) is 0. The fourth-order valence-electron chi connectivity index (χ4n) is 2.54. The highest BCUT2D eigenvalue weighted by Crippen LogP contribution is 2.25. The van der Waals surface area contributed by atoms with Gasteiger partial charge in [-0.2, -0.15) is 0 Å². The van der Waals surface area contributed by atoms with Crippen molar-refractivity contribution in [3.63, 3.8) is 0 Å². The van der Waals surface area contributed by atoms with Gasteiger partial charge in [0.15, 0.2) is 11.6 Å². The number of nitrogen functional groups attached to an aromatic ring is 1. The number of benzene rings is 1. The maximum atomic E-state index is 13.8. The first kappa shape index (κ1) is 17.5. The molecule has 2 N–H and O–H groups in total. The summed E-state index contributed by atoms with van der Waals surface area (Å²) in [7, 11) is 0. The zero-order valence-corrected chi connectivity index (χ0v) is 14.0. The molecule has 6 heteroatoms. The molecule has 1 aliphatic rings. The monoisotopic (exact) mass is 324 g/mol. The second-order valence-electron chi connectivity index (χ2n) is 6.84. The normalized spacial score (nSPS) is 17.0. The summed E-state index contributed by atoms with van der Waals surface area (Å²) in [6.07, 6.45) is 1.40. The average molecular weight is 324 g/mol. The minimum atomic E-state index is -0.510. The van der Waals surface area contributed by atoms with E-state index in [-0.39, 0.29) is 30.1 Å². The molecule has 1 aromatic carbocycles. The molecule has 1 fully saturated rings. The average Bonchev–Trinajstić information content (AvgIpc) is 2.44. The molecule has 1 saturated heterocycles. The molecule has 1 aliphatic heterocycles. The van der Waals surface area contributed by atoms with Crippen molar-refractivity contribution in [2.24, 2.45) is 0 Å². The first-order valence-electron chi connectivity index (χ1n) is 7.89. The first-order valence-corrected chi connectivity index (χ1v) is 7.89. The predicted molar refractivity (Wildman–Crippen MR) is 86.7 cm³/mol. The topological polar surface area (TPSA) is 64.8 Å². The minimum absolute atomic E-state index is 0.0683. The van der Waals surface area contributed by atoms with E-state index in [4.69, 9.17) is 15.2 Å². The standard InChI is InChI=1S/C17H25FN2O3/c1-17(2,3)23-15(21)11-20-9-7-12(8-10-20)22-14-6-4-5-13(19)16(14)18/h4-6,12H,7-11,19H2,1-3H3. The summed E-state index contributed by atoms with van der Waals surface area (Å²) in [6, 6.07) is 4.76. The molecule has 0 aliphatic carbocycles. The van der Waals surface area contributed by atoms with Crippen LogP contribution in [0.5, 0.6) is 5.75 Å². The Balaban J connectivity index is 1.80. The number of likely N-dealkylation sites (tertiary alicyclic amines) is 1. The molecule has 5 nitrogen and oxygen atoms in total. The lowest BCUT2D eigenvalue weighted by Gasteiger charge is -2.32. The molecule has 0 radical (unpaired) electrons. The van der Waals surface area contributed by atoms with Gasteiger partial charge in [-0.15, -0.1) is 0 Å². The number of carbonyl (C=O) groups excluding carboxylic acids is 1. The van der Waals surface area contributed by atoms with Crippen LogP contribution in [0.2, 0.25) is 0 Å². The number of nitrogens with two attached hydrogens (primary N) is 1. The molecule has 1 aromatic rings. The van der Waals surface area contributed by atoms with Gasteiger partial charge in [0.1, 0.15) is 11.7 Å². The van der Waals surface area contributed by atoms with Crippen molar-refractivity contribution >= 4 is 11.7 Å². The Morgan fingerprint density at radius 1 is 1.35 bits per heavy atom. The van der Waals surface area contributed by atoms with Crippen LogP contribution in [0.3, 0.4) is 0 Å². The van der Waals surface area contributed by atoms with Crippen molar-refractivity contribution in [2.45, 2.75) is 45.3 Å². The van der Waals surface area contributed by atoms with Crippen LogP contribution >= 0.6 is 0 Å². The third kappa shape index (κ3) is 5.39. The molecule has 128 valence electrons. The van der Waals surface area contributed by atoms with Gasteiger partial charge in [-0.3, -0.25) is 9.69 Å². The number of esters is 1. The lowest BCUT2D eigenvalue weighted by atomic mass is 10.1. The molecule has 0 atom stereocenters. The van der Waals surface area contributed by atoms with Gasteiger partial charge in [0.25, 0.3) is 0 Å². The third-order valence-corrected chi connectivity index (χ3v) is 3.59. The van der Waals surface area contributed by atoms with Gasteiger partial charge in [0, 0.05) is 13.1 Å². The highest BCUT2D eigenvalue weighted by Gasteiger charge is 2.25. The zero-order chi connectivity index (χ0) is 17.0. The summed E-state index contributed by atoms with van der Waals surface area (Å²) in [4.78, 5) is 13.9. The van der Waals surface area contributed by atoms with Crippen LogP contribution in [0.1, 0.15) is 33.6 Å². The Bertz CT molecular complexity index is 549. The molecule has 0 amide bonds. The Labute approximate surface area is 136 Å². The maximum Gasteiger partial charge on any atom is 0.320 e. The van der Waals surface area contributed by atoms with E-state index in [1.807, 2.05) is 25.7 Å². The Hall–Kier alpha value is -1.82. The van der Waals surface area contributed by atoms with Crippen LogP contribution in [0.4, 0.5) is 10.1 Å². The lowest BCUT2D eigenvalue weighted by Crippen LogP contribution is -2.42. The fourth-order valence-corrected chi connectivity index (χ4v) is 2.54. The Morgan fingerprint density at radius 3 is 2.61 bits per heavy atom. The van der Waals surface area contributed by atoms with Crippen molar-refractivity contribution in [3.05, 3.63) is 24.0 Å². The third-order valence-electron chi connectivity index (χ3n) is 3.59. The SMILES string of the molecule is CC(C)(C)OC(=O)CN1CCC(Oc2cccc(N)c2F)CC1. The number of anilines is 1. The molecule has 0 aromatic heterocycles. The van der Waals surface area contributed by atoms with Gasteiger partial charge in [0.2, 0.25) is 0 Å². The van der Waals surface area contributed by atoms with Crippen LogP contribution in [0.15, 0.2) is 18.2 Å². The van der Waals surface area contributed by atoms with Crippen molar-refractivity contribution in [3.8, 4) is 5.75 Å². The highest BCUT2D eigenvalue weighted by atomic mass is 19.1. The Morgan fingerprint density at radius 2 is 2.00 bits per heavy atom. The summed E-state index contributed by atoms with van der Waals surface area (Å²) in [5.41, 5.74) is 5.16. The number of carbonyl (C=O) groups is 1. The summed E-state index contributed by atoms with van der Waals surface area (Å²) in [5.74, 6) is -0.543. The van der Waals surface area contributed by atoms with E-state index >= 15 is 0 Å². The van der Waals surface area contributed by atoms with Crippen LogP contribution in [-0.2, 0) is 9.53 Å². The molecule has 0 saturated carbocycles. The van der Waals surface area contributed by atoms with E-state index in [0.29, 0.717) is 13.1 Å². The van der Waals surface area contributed by atoms with E-state index in [1.165, 1.54) is 6.07 Å². The highest BCUT2D eigenvalue weighted by molar-refractivity contribution is 5.72. The van der Waals surface area contributed by atoms with Gasteiger partial charge in [-0.1, -0.05) is 6.07 Å². The van der Waals surface area contributed by atoms with Crippen molar-refractivity contribution in [2.75, 3.05) is 25.4 Å². The number of rotatable bonds is 4. The number of piperidine rings is 1. The second kappa shape index (κ2) is 7.17. The van der Waals surface area contributed by atoms with Gasteiger partial charge in [-0.25, -0.2) is 4.39 Å². The first-order chi connectivity index (χ1) is 10.7. The molecule has 0 spiro atoms. The van der Waals surface area contributed by atoms with E-state index < -0.39 is 11.4 Å². The van der Waals surface area contributed by atoms with Gasteiger partial charge >= 0.3 is 5.97 Å². The van der Waals surface area contributed by atoms with Crippen LogP contribution in [0.25, 0.3) is 0 Å². The molecule has 1 heterocycles. The number of hydrogen-bond donors (Lipinski definition) is 1. The van der Waals surface area contributed by atoms with Crippen molar-refractivity contribution < 1.29 is 18.7 Å². The fraction of sp³-hybridized carbons (Fsp3) is 0.588. The number of ether oxygens (including phenoxy) is 2. The van der Waals surface area contributed by atoms with Crippen LogP contribution in [-0.4, -0.2) is 42.2 Å². The molecule has 23 heavy (non-hydrogen) atoms. The number of halogens is 1. The van der Waals surface area contributed by atoms with E-state index in [2.05, 4.69) is 0 Å². The van der Waals surface area contributed by atoms with Crippen LogP contribution in [0, 0.1) is 5.82 Å². The molecule has 0 unspecified atom stereocenters. The van der Waals surface area contributed by atoms with Gasteiger partial charge < -0.3 is 15.2 Å². The quantitative estimate of drug-likeness (QED) is 0.681. The van der Waals surface area contributed by atoms with Gasteiger partial charge in [-0.05, 0) is 45.7 Å². The number of nitrogens with zero attached hydrogens (tertiary/aromatic N) is 1. The molecular weight excluding hydrogens is 299 g/mol. The smallest absolute Gasteiger partial charge is 0.320 e. The van der Waals surface area contributed by atoms with E-state index in [1.54, 1.807) is 12.1 Å². The predicted octanol–water partition coefficient (Wildman–Crippen LogP) is 2.59. The maximum absolute atomic E-state index is 13.8.